The second kappa shape index (κ2) is 9.14. The van der Waals surface area contributed by atoms with Gasteiger partial charge < -0.3 is 20.1 Å². The SMILES string of the molecule is CN=C(NCc1ccc(C)cc1OCC1CC1)NCC1CN2CCCC2CO1. The molecule has 1 aliphatic carbocycles. The molecule has 6 heteroatoms. The minimum absolute atomic E-state index is 0.227. The number of nitrogens with one attached hydrogen (secondary N) is 2. The highest BCUT2D eigenvalue weighted by atomic mass is 16.5. The largest absolute Gasteiger partial charge is 0.493 e. The van der Waals surface area contributed by atoms with E-state index in [0.717, 1.165) is 43.9 Å². The van der Waals surface area contributed by atoms with E-state index >= 15 is 0 Å². The average molecular weight is 387 g/mol. The first-order chi connectivity index (χ1) is 13.7. The summed E-state index contributed by atoms with van der Waals surface area (Å²) in [5.41, 5.74) is 2.40. The number of benzene rings is 1. The number of nitrogens with zero attached hydrogens (tertiary/aromatic N) is 2. The zero-order chi connectivity index (χ0) is 19.3. The van der Waals surface area contributed by atoms with Gasteiger partial charge in [0.05, 0.1) is 19.3 Å². The van der Waals surface area contributed by atoms with E-state index in [4.69, 9.17) is 9.47 Å². The van der Waals surface area contributed by atoms with E-state index in [-0.39, 0.29) is 6.10 Å². The van der Waals surface area contributed by atoms with Crippen LogP contribution in [0.1, 0.15) is 36.8 Å². The van der Waals surface area contributed by atoms with Gasteiger partial charge in [0.1, 0.15) is 5.75 Å². The van der Waals surface area contributed by atoms with Gasteiger partial charge in [0, 0.05) is 38.3 Å². The molecule has 2 aliphatic heterocycles. The summed E-state index contributed by atoms with van der Waals surface area (Å²) >= 11 is 0. The fraction of sp³-hybridized carbons (Fsp3) is 0.682. The summed E-state index contributed by atoms with van der Waals surface area (Å²) < 4.78 is 12.1. The predicted octanol–water partition coefficient (Wildman–Crippen LogP) is 2.31. The van der Waals surface area contributed by atoms with Gasteiger partial charge in [0.15, 0.2) is 5.96 Å². The summed E-state index contributed by atoms with van der Waals surface area (Å²) in [6.07, 6.45) is 5.42. The third-order valence-corrected chi connectivity index (χ3v) is 6.02. The zero-order valence-corrected chi connectivity index (χ0v) is 17.2. The number of morpholine rings is 1. The monoisotopic (exact) mass is 386 g/mol. The predicted molar refractivity (Wildman–Crippen MR) is 112 cm³/mol. The van der Waals surface area contributed by atoms with Crippen LogP contribution in [0, 0.1) is 12.8 Å². The Hall–Kier alpha value is -1.79. The first-order valence-electron chi connectivity index (χ1n) is 10.7. The van der Waals surface area contributed by atoms with Crippen LogP contribution in [0.2, 0.25) is 0 Å². The molecule has 2 heterocycles. The van der Waals surface area contributed by atoms with Crippen LogP contribution in [0.15, 0.2) is 23.2 Å². The van der Waals surface area contributed by atoms with Crippen LogP contribution >= 0.6 is 0 Å². The Kier molecular flexibility index (Phi) is 6.37. The van der Waals surface area contributed by atoms with E-state index in [0.29, 0.717) is 12.6 Å². The van der Waals surface area contributed by atoms with Crippen LogP contribution in [0.4, 0.5) is 0 Å². The van der Waals surface area contributed by atoms with Crippen molar-refractivity contribution in [3.05, 3.63) is 29.3 Å². The molecule has 0 amide bonds. The van der Waals surface area contributed by atoms with Gasteiger partial charge >= 0.3 is 0 Å². The lowest BCUT2D eigenvalue weighted by Gasteiger charge is -2.35. The summed E-state index contributed by atoms with van der Waals surface area (Å²) in [6, 6.07) is 7.07. The van der Waals surface area contributed by atoms with E-state index in [2.05, 4.69) is 45.6 Å². The lowest BCUT2D eigenvalue weighted by atomic mass is 10.1. The average Bonchev–Trinajstić information content (AvgIpc) is 3.42. The van der Waals surface area contributed by atoms with Gasteiger partial charge in [-0.25, -0.2) is 0 Å². The first kappa shape index (κ1) is 19.5. The summed E-state index contributed by atoms with van der Waals surface area (Å²) in [5.74, 6) is 2.55. The standard InChI is InChI=1S/C22H34N4O2/c1-16-5-8-18(21(10-16)28-14-17-6-7-17)11-24-22(23-2)25-12-20-13-26-9-3-4-19(26)15-27-20/h5,8,10,17,19-20H,3-4,6-7,9,11-15H2,1-2H3,(H2,23,24,25). The molecule has 154 valence electrons. The van der Waals surface area contributed by atoms with Crippen molar-refractivity contribution in [2.75, 3.05) is 39.9 Å². The van der Waals surface area contributed by atoms with Crippen molar-refractivity contribution in [1.29, 1.82) is 0 Å². The van der Waals surface area contributed by atoms with E-state index in [1.807, 2.05) is 7.05 Å². The number of ether oxygens (including phenoxy) is 2. The minimum atomic E-state index is 0.227. The Morgan fingerprint density at radius 1 is 1.29 bits per heavy atom. The molecular weight excluding hydrogens is 352 g/mol. The Morgan fingerprint density at radius 2 is 2.18 bits per heavy atom. The number of aliphatic imine (C=N–C) groups is 1. The Labute approximate surface area is 168 Å². The highest BCUT2D eigenvalue weighted by Crippen LogP contribution is 2.30. The van der Waals surface area contributed by atoms with Crippen LogP contribution in [-0.2, 0) is 11.3 Å². The van der Waals surface area contributed by atoms with Gasteiger partial charge in [-0.2, -0.15) is 0 Å². The molecular formula is C22H34N4O2. The topological polar surface area (TPSA) is 58.1 Å². The fourth-order valence-corrected chi connectivity index (χ4v) is 4.05. The summed E-state index contributed by atoms with van der Waals surface area (Å²) in [5, 5.41) is 6.85. The highest BCUT2D eigenvalue weighted by molar-refractivity contribution is 5.79. The van der Waals surface area contributed by atoms with E-state index in [1.54, 1.807) is 0 Å². The van der Waals surface area contributed by atoms with Gasteiger partial charge in [-0.15, -0.1) is 0 Å². The van der Waals surface area contributed by atoms with Gasteiger partial charge in [-0.1, -0.05) is 12.1 Å². The maximum atomic E-state index is 6.08. The van der Waals surface area contributed by atoms with Gasteiger partial charge in [-0.05, 0) is 56.7 Å². The molecule has 3 fully saturated rings. The molecule has 1 aromatic rings. The molecule has 4 rings (SSSR count). The van der Waals surface area contributed by atoms with Crippen LogP contribution in [-0.4, -0.2) is 62.9 Å². The molecule has 2 saturated heterocycles. The number of hydrogen-bond acceptors (Lipinski definition) is 4. The first-order valence-corrected chi connectivity index (χ1v) is 10.7. The normalized spacial score (nSPS) is 25.4. The maximum absolute atomic E-state index is 6.08. The molecule has 0 aromatic heterocycles. The van der Waals surface area contributed by atoms with E-state index < -0.39 is 0 Å². The summed E-state index contributed by atoms with van der Waals surface area (Å²) in [7, 11) is 1.81. The number of fused-ring (bicyclic) bond motifs is 1. The van der Waals surface area contributed by atoms with Crippen LogP contribution in [0.3, 0.4) is 0 Å². The molecule has 0 bridgehead atoms. The number of guanidine groups is 1. The lowest BCUT2D eigenvalue weighted by molar-refractivity contribution is -0.0453. The summed E-state index contributed by atoms with van der Waals surface area (Å²) in [6.45, 7) is 7.52. The molecule has 1 aromatic carbocycles. The van der Waals surface area contributed by atoms with Crippen molar-refractivity contribution < 1.29 is 9.47 Å². The maximum Gasteiger partial charge on any atom is 0.191 e. The van der Waals surface area contributed by atoms with Crippen molar-refractivity contribution in [2.24, 2.45) is 10.9 Å². The number of rotatable bonds is 7. The fourth-order valence-electron chi connectivity index (χ4n) is 4.05. The number of hydrogen-bond donors (Lipinski definition) is 2. The third kappa shape index (κ3) is 5.17. The van der Waals surface area contributed by atoms with Crippen molar-refractivity contribution in [2.45, 2.75) is 51.3 Å². The molecule has 0 spiro atoms. The van der Waals surface area contributed by atoms with E-state index in [9.17, 15) is 0 Å². The second-order valence-corrected chi connectivity index (χ2v) is 8.42. The van der Waals surface area contributed by atoms with Crippen molar-refractivity contribution >= 4 is 5.96 Å². The van der Waals surface area contributed by atoms with Gasteiger partial charge in [-0.3, -0.25) is 9.89 Å². The summed E-state index contributed by atoms with van der Waals surface area (Å²) in [4.78, 5) is 6.94. The molecule has 2 atom stereocenters. The van der Waals surface area contributed by atoms with Crippen molar-refractivity contribution in [1.82, 2.24) is 15.5 Å². The molecule has 6 nitrogen and oxygen atoms in total. The van der Waals surface area contributed by atoms with Crippen LogP contribution in [0.25, 0.3) is 0 Å². The van der Waals surface area contributed by atoms with E-state index in [1.165, 1.54) is 43.4 Å². The van der Waals surface area contributed by atoms with Crippen LogP contribution in [0.5, 0.6) is 5.75 Å². The zero-order valence-electron chi connectivity index (χ0n) is 17.2. The molecule has 2 unspecified atom stereocenters. The lowest BCUT2D eigenvalue weighted by Crippen LogP contribution is -2.51. The van der Waals surface area contributed by atoms with Crippen molar-refractivity contribution in [3.8, 4) is 5.75 Å². The Bertz CT molecular complexity index is 689. The highest BCUT2D eigenvalue weighted by Gasteiger charge is 2.32. The second-order valence-electron chi connectivity index (χ2n) is 8.42. The number of aryl methyl sites for hydroxylation is 1. The third-order valence-electron chi connectivity index (χ3n) is 6.02. The molecule has 1 saturated carbocycles. The Balaban J connectivity index is 1.26. The quantitative estimate of drug-likeness (QED) is 0.556. The van der Waals surface area contributed by atoms with Gasteiger partial charge in [0.25, 0.3) is 0 Å². The molecule has 28 heavy (non-hydrogen) atoms. The Morgan fingerprint density at radius 3 is 3.00 bits per heavy atom. The smallest absolute Gasteiger partial charge is 0.191 e. The van der Waals surface area contributed by atoms with Gasteiger partial charge in [0.2, 0.25) is 0 Å². The molecule has 3 aliphatic rings. The van der Waals surface area contributed by atoms with Crippen LogP contribution < -0.4 is 15.4 Å². The molecule has 0 radical (unpaired) electrons. The molecule has 2 N–H and O–H groups in total. The van der Waals surface area contributed by atoms with Crippen molar-refractivity contribution in [3.63, 3.8) is 0 Å². The minimum Gasteiger partial charge on any atom is -0.493 e.